The summed E-state index contributed by atoms with van der Waals surface area (Å²) in [6, 6.07) is 7.27. The first-order chi connectivity index (χ1) is 8.17. The second-order valence-corrected chi connectivity index (χ2v) is 3.76. The lowest BCUT2D eigenvalue weighted by atomic mass is 10.2. The van der Waals surface area contributed by atoms with Crippen LogP contribution in [-0.4, -0.2) is 25.7 Å². The summed E-state index contributed by atoms with van der Waals surface area (Å²) in [6.07, 6.45) is 1.45. The highest BCUT2D eigenvalue weighted by atomic mass is 16.5. The summed E-state index contributed by atoms with van der Waals surface area (Å²) >= 11 is 0. The van der Waals surface area contributed by atoms with Gasteiger partial charge in [-0.2, -0.15) is 0 Å². The second-order valence-electron chi connectivity index (χ2n) is 3.76. The average molecular weight is 237 g/mol. The zero-order valence-corrected chi connectivity index (χ0v) is 10.3. The van der Waals surface area contributed by atoms with Crippen molar-refractivity contribution in [3.05, 3.63) is 29.8 Å². The van der Waals surface area contributed by atoms with E-state index in [2.05, 4.69) is 11.7 Å². The van der Waals surface area contributed by atoms with Gasteiger partial charge in [-0.05, 0) is 24.1 Å². The molecule has 0 aliphatic carbocycles. The van der Waals surface area contributed by atoms with Crippen LogP contribution in [0.4, 0.5) is 0 Å². The standard InChI is InChI=1S/C13H19NO3/c1-3-10-4-6-11(7-5-10)17-9-8-12(14)13(15)16-2/h4-7,12H,3,8-9,14H2,1-2H3. The molecule has 0 aliphatic rings. The van der Waals surface area contributed by atoms with Gasteiger partial charge in [-0.15, -0.1) is 0 Å². The van der Waals surface area contributed by atoms with Crippen molar-refractivity contribution < 1.29 is 14.3 Å². The molecular formula is C13H19NO3. The monoisotopic (exact) mass is 237 g/mol. The second kappa shape index (κ2) is 6.91. The predicted molar refractivity (Wildman–Crippen MR) is 65.9 cm³/mol. The molecule has 0 heterocycles. The Morgan fingerprint density at radius 3 is 2.53 bits per heavy atom. The number of aryl methyl sites for hydroxylation is 1. The molecule has 0 aliphatic heterocycles. The van der Waals surface area contributed by atoms with Gasteiger partial charge in [-0.1, -0.05) is 19.1 Å². The van der Waals surface area contributed by atoms with Crippen LogP contribution in [0.5, 0.6) is 5.75 Å². The molecule has 0 radical (unpaired) electrons. The number of carbonyl (C=O) groups excluding carboxylic acids is 1. The van der Waals surface area contributed by atoms with Crippen molar-refractivity contribution in [1.82, 2.24) is 0 Å². The van der Waals surface area contributed by atoms with Crippen LogP contribution in [0, 0.1) is 0 Å². The molecule has 1 aromatic rings. The molecule has 1 atom stereocenters. The predicted octanol–water partition coefficient (Wildman–Crippen LogP) is 1.52. The van der Waals surface area contributed by atoms with E-state index in [4.69, 9.17) is 10.5 Å². The third-order valence-corrected chi connectivity index (χ3v) is 2.53. The molecule has 1 unspecified atom stereocenters. The fourth-order valence-corrected chi connectivity index (χ4v) is 1.39. The van der Waals surface area contributed by atoms with Gasteiger partial charge in [-0.3, -0.25) is 4.79 Å². The van der Waals surface area contributed by atoms with Crippen LogP contribution >= 0.6 is 0 Å². The SMILES string of the molecule is CCc1ccc(OCCC(N)C(=O)OC)cc1. The molecule has 94 valence electrons. The molecule has 0 aromatic heterocycles. The highest BCUT2D eigenvalue weighted by Crippen LogP contribution is 2.12. The topological polar surface area (TPSA) is 61.5 Å². The van der Waals surface area contributed by atoms with E-state index in [0.29, 0.717) is 13.0 Å². The Kier molecular flexibility index (Phi) is 5.49. The third-order valence-electron chi connectivity index (χ3n) is 2.53. The highest BCUT2D eigenvalue weighted by molar-refractivity contribution is 5.75. The van der Waals surface area contributed by atoms with Crippen molar-refractivity contribution in [2.45, 2.75) is 25.8 Å². The van der Waals surface area contributed by atoms with Gasteiger partial charge in [0.1, 0.15) is 11.8 Å². The quantitative estimate of drug-likeness (QED) is 0.762. The maximum atomic E-state index is 11.0. The lowest BCUT2D eigenvalue weighted by Gasteiger charge is -2.10. The number of methoxy groups -OCH3 is 1. The number of rotatable bonds is 6. The van der Waals surface area contributed by atoms with Gasteiger partial charge in [0.15, 0.2) is 0 Å². The van der Waals surface area contributed by atoms with Crippen molar-refractivity contribution in [2.75, 3.05) is 13.7 Å². The van der Waals surface area contributed by atoms with Crippen LogP contribution in [0.1, 0.15) is 18.9 Å². The molecule has 0 amide bonds. The number of nitrogens with two attached hydrogens (primary N) is 1. The highest BCUT2D eigenvalue weighted by Gasteiger charge is 2.13. The molecule has 0 fully saturated rings. The largest absolute Gasteiger partial charge is 0.494 e. The molecule has 1 rings (SSSR count). The maximum absolute atomic E-state index is 11.0. The Hall–Kier alpha value is -1.55. The van der Waals surface area contributed by atoms with E-state index >= 15 is 0 Å². The first-order valence-electron chi connectivity index (χ1n) is 5.72. The number of hydrogen-bond donors (Lipinski definition) is 1. The number of carbonyl (C=O) groups is 1. The van der Waals surface area contributed by atoms with E-state index in [1.165, 1.54) is 12.7 Å². The van der Waals surface area contributed by atoms with E-state index in [9.17, 15) is 4.79 Å². The number of benzene rings is 1. The summed E-state index contributed by atoms with van der Waals surface area (Å²) in [5.74, 6) is 0.384. The Labute approximate surface area is 102 Å². The van der Waals surface area contributed by atoms with Gasteiger partial charge in [0.2, 0.25) is 0 Å². The molecule has 4 nitrogen and oxygen atoms in total. The van der Waals surface area contributed by atoms with Crippen LogP contribution in [0.15, 0.2) is 24.3 Å². The summed E-state index contributed by atoms with van der Waals surface area (Å²) in [6.45, 7) is 2.51. The third kappa shape index (κ3) is 4.44. The molecule has 0 spiro atoms. The smallest absolute Gasteiger partial charge is 0.322 e. The summed E-state index contributed by atoms with van der Waals surface area (Å²) in [7, 11) is 1.33. The molecule has 17 heavy (non-hydrogen) atoms. The minimum absolute atomic E-state index is 0.405. The Bertz CT molecular complexity index is 348. The van der Waals surface area contributed by atoms with Crippen LogP contribution in [0.25, 0.3) is 0 Å². The molecular weight excluding hydrogens is 218 g/mol. The van der Waals surface area contributed by atoms with Gasteiger partial charge in [0.25, 0.3) is 0 Å². The van der Waals surface area contributed by atoms with Crippen molar-refractivity contribution in [3.8, 4) is 5.75 Å². The van der Waals surface area contributed by atoms with Gasteiger partial charge >= 0.3 is 5.97 Å². The summed E-state index contributed by atoms with van der Waals surface area (Å²) in [5.41, 5.74) is 6.85. The molecule has 0 saturated heterocycles. The van der Waals surface area contributed by atoms with Gasteiger partial charge in [0, 0.05) is 6.42 Å². The van der Waals surface area contributed by atoms with E-state index < -0.39 is 12.0 Å². The fourth-order valence-electron chi connectivity index (χ4n) is 1.39. The number of hydrogen-bond acceptors (Lipinski definition) is 4. The molecule has 0 saturated carbocycles. The van der Waals surface area contributed by atoms with Crippen LogP contribution < -0.4 is 10.5 Å². The Morgan fingerprint density at radius 2 is 2.00 bits per heavy atom. The van der Waals surface area contributed by atoms with Gasteiger partial charge in [-0.25, -0.2) is 0 Å². The Balaban J connectivity index is 2.33. The minimum Gasteiger partial charge on any atom is -0.494 e. The van der Waals surface area contributed by atoms with Crippen molar-refractivity contribution in [1.29, 1.82) is 0 Å². The zero-order chi connectivity index (χ0) is 12.7. The summed E-state index contributed by atoms with van der Waals surface area (Å²) in [4.78, 5) is 11.0. The average Bonchev–Trinajstić information content (AvgIpc) is 2.38. The molecule has 2 N–H and O–H groups in total. The normalized spacial score (nSPS) is 11.9. The summed E-state index contributed by atoms with van der Waals surface area (Å²) in [5, 5.41) is 0. The van der Waals surface area contributed by atoms with Crippen LogP contribution in [0.3, 0.4) is 0 Å². The van der Waals surface area contributed by atoms with Crippen molar-refractivity contribution in [3.63, 3.8) is 0 Å². The maximum Gasteiger partial charge on any atom is 0.322 e. The number of esters is 1. The van der Waals surface area contributed by atoms with Gasteiger partial charge in [0.05, 0.1) is 13.7 Å². The van der Waals surface area contributed by atoms with Crippen LogP contribution in [0.2, 0.25) is 0 Å². The van der Waals surface area contributed by atoms with E-state index in [0.717, 1.165) is 12.2 Å². The lowest BCUT2D eigenvalue weighted by molar-refractivity contribution is -0.142. The van der Waals surface area contributed by atoms with Crippen molar-refractivity contribution in [2.24, 2.45) is 5.73 Å². The zero-order valence-electron chi connectivity index (χ0n) is 10.3. The fraction of sp³-hybridized carbons (Fsp3) is 0.462. The molecule has 4 heteroatoms. The lowest BCUT2D eigenvalue weighted by Crippen LogP contribution is -2.33. The van der Waals surface area contributed by atoms with E-state index in [1.54, 1.807) is 0 Å². The van der Waals surface area contributed by atoms with E-state index in [-0.39, 0.29) is 0 Å². The Morgan fingerprint density at radius 1 is 1.35 bits per heavy atom. The molecule has 1 aromatic carbocycles. The van der Waals surface area contributed by atoms with Crippen molar-refractivity contribution >= 4 is 5.97 Å². The minimum atomic E-state index is -0.616. The van der Waals surface area contributed by atoms with Gasteiger partial charge < -0.3 is 15.2 Å². The molecule has 0 bridgehead atoms. The number of ether oxygens (including phenoxy) is 2. The van der Waals surface area contributed by atoms with Crippen LogP contribution in [-0.2, 0) is 16.0 Å². The van der Waals surface area contributed by atoms with E-state index in [1.807, 2.05) is 24.3 Å². The summed E-state index contributed by atoms with van der Waals surface area (Å²) < 4.78 is 10.0. The first-order valence-corrected chi connectivity index (χ1v) is 5.72. The first kappa shape index (κ1) is 13.5.